The molecule has 2 fully saturated rings. The summed E-state index contributed by atoms with van der Waals surface area (Å²) in [7, 11) is 0. The van der Waals surface area contributed by atoms with E-state index in [9.17, 15) is 10.2 Å². The van der Waals surface area contributed by atoms with Crippen LogP contribution in [0.25, 0.3) is 0 Å². The lowest BCUT2D eigenvalue weighted by Crippen LogP contribution is -2.52. The Kier molecular flexibility index (Phi) is 4.55. The van der Waals surface area contributed by atoms with E-state index in [0.29, 0.717) is 47.0 Å². The Balaban J connectivity index is 1.38. The first-order valence-corrected chi connectivity index (χ1v) is 12.7. The van der Waals surface area contributed by atoms with Gasteiger partial charge in [-0.1, -0.05) is 66.3 Å². The standard InChI is InChI=1S/C31H30O3/c32-21-10-12-24-19(16-21)8-14-27-29(24)31(26-7-3-5-18-4-1-2-6-23(18)26)30-25-13-11-22(33)17-20(25)9-15-28(30)34-27/h1-8,10-14,16-18,20,23-25,28-33H,9,15H2. The van der Waals surface area contributed by atoms with Gasteiger partial charge in [-0.05, 0) is 66.5 Å². The predicted molar refractivity (Wildman–Crippen MR) is 133 cm³/mol. The van der Waals surface area contributed by atoms with E-state index in [2.05, 4.69) is 72.9 Å². The van der Waals surface area contributed by atoms with Crippen molar-refractivity contribution >= 4 is 0 Å². The minimum atomic E-state index is 0.173. The van der Waals surface area contributed by atoms with Crippen LogP contribution in [0, 0.1) is 47.3 Å². The fraction of sp³-hybridized carbons (Fsp3) is 0.355. The second-order valence-corrected chi connectivity index (χ2v) is 10.7. The molecule has 34 heavy (non-hydrogen) atoms. The number of fused-ring (bicyclic) bond motifs is 7. The first-order valence-electron chi connectivity index (χ1n) is 12.7. The van der Waals surface area contributed by atoms with Crippen LogP contribution < -0.4 is 0 Å². The van der Waals surface area contributed by atoms with E-state index in [1.165, 1.54) is 5.57 Å². The summed E-state index contributed by atoms with van der Waals surface area (Å²) in [5.74, 6) is 4.31. The molecule has 1 saturated carbocycles. The molecule has 9 unspecified atom stereocenters. The van der Waals surface area contributed by atoms with E-state index in [0.717, 1.165) is 24.2 Å². The molecule has 3 nitrogen and oxygen atoms in total. The van der Waals surface area contributed by atoms with Crippen LogP contribution in [-0.4, -0.2) is 16.3 Å². The number of hydrogen-bond acceptors (Lipinski definition) is 3. The lowest BCUT2D eigenvalue weighted by atomic mass is 9.53. The maximum Gasteiger partial charge on any atom is 0.115 e. The Bertz CT molecular complexity index is 1210. The third kappa shape index (κ3) is 3.02. The van der Waals surface area contributed by atoms with Crippen LogP contribution >= 0.6 is 0 Å². The molecule has 0 aromatic heterocycles. The fourth-order valence-corrected chi connectivity index (χ4v) is 7.66. The molecule has 0 radical (unpaired) electrons. The first kappa shape index (κ1) is 20.2. The third-order valence-electron chi connectivity index (χ3n) is 9.01. The van der Waals surface area contributed by atoms with Crippen LogP contribution in [0.3, 0.4) is 0 Å². The fourth-order valence-electron chi connectivity index (χ4n) is 7.66. The summed E-state index contributed by atoms with van der Waals surface area (Å²) in [6.07, 6.45) is 34.6. The summed E-state index contributed by atoms with van der Waals surface area (Å²) in [5.41, 5.74) is 2.66. The Morgan fingerprint density at radius 3 is 2.56 bits per heavy atom. The van der Waals surface area contributed by atoms with Gasteiger partial charge in [0.05, 0.1) is 0 Å². The minimum Gasteiger partial charge on any atom is -0.508 e. The van der Waals surface area contributed by atoms with E-state index in [4.69, 9.17) is 4.74 Å². The quantitative estimate of drug-likeness (QED) is 0.474. The molecule has 3 heteroatoms. The van der Waals surface area contributed by atoms with Crippen LogP contribution in [0.5, 0.6) is 0 Å². The molecular formula is C31H30O3. The van der Waals surface area contributed by atoms with Crippen LogP contribution in [0.1, 0.15) is 12.8 Å². The summed E-state index contributed by atoms with van der Waals surface area (Å²) in [6.45, 7) is 0. The molecule has 0 amide bonds. The highest BCUT2D eigenvalue weighted by Crippen LogP contribution is 2.58. The van der Waals surface area contributed by atoms with Crippen LogP contribution in [0.2, 0.25) is 0 Å². The molecule has 7 rings (SSSR count). The van der Waals surface area contributed by atoms with Crippen molar-refractivity contribution < 1.29 is 14.9 Å². The Hall–Kier alpha value is -3.20. The molecule has 1 saturated heterocycles. The van der Waals surface area contributed by atoms with Gasteiger partial charge in [0, 0.05) is 29.6 Å². The first-order chi connectivity index (χ1) is 16.7. The summed E-state index contributed by atoms with van der Waals surface area (Å²) in [4.78, 5) is 0. The third-order valence-corrected chi connectivity index (χ3v) is 9.01. The van der Waals surface area contributed by atoms with Crippen LogP contribution in [-0.2, 0) is 4.74 Å². The molecule has 6 aliphatic carbocycles. The van der Waals surface area contributed by atoms with Gasteiger partial charge in [-0.25, -0.2) is 0 Å². The van der Waals surface area contributed by atoms with E-state index in [-0.39, 0.29) is 17.9 Å². The number of rotatable bonds is 1. The normalized spacial score (nSPS) is 42.9. The molecule has 9 atom stereocenters. The van der Waals surface area contributed by atoms with Gasteiger partial charge >= 0.3 is 0 Å². The van der Waals surface area contributed by atoms with Crippen LogP contribution in [0.15, 0.2) is 120 Å². The van der Waals surface area contributed by atoms with Crippen LogP contribution in [0.4, 0.5) is 0 Å². The number of ether oxygens (including phenoxy) is 1. The zero-order chi connectivity index (χ0) is 22.8. The Morgan fingerprint density at radius 1 is 0.765 bits per heavy atom. The molecule has 7 aliphatic rings. The van der Waals surface area contributed by atoms with Crippen molar-refractivity contribution in [3.05, 3.63) is 120 Å². The van der Waals surface area contributed by atoms with E-state index < -0.39 is 0 Å². The molecule has 1 aliphatic heterocycles. The van der Waals surface area contributed by atoms with Gasteiger partial charge < -0.3 is 14.9 Å². The van der Waals surface area contributed by atoms with Gasteiger partial charge in [0.2, 0.25) is 0 Å². The zero-order valence-electron chi connectivity index (χ0n) is 19.1. The summed E-state index contributed by atoms with van der Waals surface area (Å²) in [6, 6.07) is 0. The highest BCUT2D eigenvalue weighted by molar-refractivity contribution is 5.46. The number of aliphatic hydroxyl groups excluding tert-OH is 2. The number of allylic oxidation sites excluding steroid dienone is 18. The Labute approximate surface area is 200 Å². The molecule has 0 bridgehead atoms. The molecular weight excluding hydrogens is 420 g/mol. The van der Waals surface area contributed by atoms with Crippen molar-refractivity contribution in [3.63, 3.8) is 0 Å². The summed E-state index contributed by atoms with van der Waals surface area (Å²) >= 11 is 0. The average molecular weight is 451 g/mol. The van der Waals surface area contributed by atoms with Crippen molar-refractivity contribution in [3.8, 4) is 0 Å². The highest BCUT2D eigenvalue weighted by Gasteiger charge is 2.55. The number of aliphatic hydroxyl groups is 2. The molecule has 0 aromatic carbocycles. The van der Waals surface area contributed by atoms with Gasteiger partial charge in [0.1, 0.15) is 23.4 Å². The second kappa shape index (κ2) is 7.66. The monoisotopic (exact) mass is 450 g/mol. The van der Waals surface area contributed by atoms with Gasteiger partial charge in [0.15, 0.2) is 0 Å². The maximum atomic E-state index is 10.2. The van der Waals surface area contributed by atoms with E-state index >= 15 is 0 Å². The van der Waals surface area contributed by atoms with Crippen molar-refractivity contribution in [1.82, 2.24) is 0 Å². The summed E-state index contributed by atoms with van der Waals surface area (Å²) in [5, 5.41) is 20.4. The second-order valence-electron chi connectivity index (χ2n) is 10.7. The van der Waals surface area contributed by atoms with Gasteiger partial charge in [-0.15, -0.1) is 0 Å². The maximum absolute atomic E-state index is 10.2. The SMILES string of the molecule is OC1=CC2=CC=C3OC4CCC5C=C(O)C=CC5C4C(C4=CC=CC5C=CC=CC45)C3C2C=C1. The van der Waals surface area contributed by atoms with Gasteiger partial charge in [-0.2, -0.15) is 0 Å². The average Bonchev–Trinajstić information content (AvgIpc) is 2.86. The molecule has 0 aromatic rings. The predicted octanol–water partition coefficient (Wildman–Crippen LogP) is 6.58. The highest BCUT2D eigenvalue weighted by atomic mass is 16.5. The Morgan fingerprint density at radius 2 is 1.62 bits per heavy atom. The lowest BCUT2D eigenvalue weighted by molar-refractivity contribution is -0.0871. The van der Waals surface area contributed by atoms with Gasteiger partial charge in [-0.3, -0.25) is 0 Å². The number of hydrogen-bond donors (Lipinski definition) is 2. The zero-order valence-corrected chi connectivity index (χ0v) is 19.1. The van der Waals surface area contributed by atoms with Crippen molar-refractivity contribution in [2.24, 2.45) is 47.3 Å². The van der Waals surface area contributed by atoms with E-state index in [1.807, 2.05) is 18.2 Å². The van der Waals surface area contributed by atoms with Crippen molar-refractivity contribution in [2.75, 3.05) is 0 Å². The smallest absolute Gasteiger partial charge is 0.115 e. The molecule has 0 spiro atoms. The van der Waals surface area contributed by atoms with Crippen molar-refractivity contribution in [1.29, 1.82) is 0 Å². The molecule has 1 heterocycles. The van der Waals surface area contributed by atoms with E-state index in [1.54, 1.807) is 0 Å². The largest absolute Gasteiger partial charge is 0.508 e. The summed E-state index contributed by atoms with van der Waals surface area (Å²) < 4.78 is 6.81. The lowest BCUT2D eigenvalue weighted by Gasteiger charge is -2.55. The molecule has 172 valence electrons. The molecule has 2 N–H and O–H groups in total. The topological polar surface area (TPSA) is 49.7 Å². The van der Waals surface area contributed by atoms with Gasteiger partial charge in [0.25, 0.3) is 0 Å². The minimum absolute atomic E-state index is 0.173. The van der Waals surface area contributed by atoms with Crippen molar-refractivity contribution in [2.45, 2.75) is 18.9 Å².